The number of benzene rings is 1. The van der Waals surface area contributed by atoms with Gasteiger partial charge in [0.25, 0.3) is 5.91 Å². The van der Waals surface area contributed by atoms with Crippen molar-refractivity contribution in [2.45, 2.75) is 20.8 Å². The van der Waals surface area contributed by atoms with Crippen LogP contribution < -0.4 is 5.32 Å². The number of alkyl halides is 1. The number of hydrogen-bond acceptors (Lipinski definition) is 2. The Kier molecular flexibility index (Phi) is 4.91. The molecule has 0 aromatic heterocycles. The van der Waals surface area contributed by atoms with Crippen LogP contribution in [0.5, 0.6) is 0 Å². The lowest BCUT2D eigenvalue weighted by Gasteiger charge is -2.16. The zero-order chi connectivity index (χ0) is 13.8. The van der Waals surface area contributed by atoms with Crippen LogP contribution in [-0.2, 0) is 0 Å². The highest BCUT2D eigenvalue weighted by Crippen LogP contribution is 2.20. The lowest BCUT2D eigenvalue weighted by Crippen LogP contribution is -2.25. The Bertz CT molecular complexity index is 432. The van der Waals surface area contributed by atoms with E-state index in [-0.39, 0.29) is 11.7 Å². The Morgan fingerprint density at radius 2 is 1.61 bits per heavy atom. The fourth-order valence-electron chi connectivity index (χ4n) is 1.47. The van der Waals surface area contributed by atoms with Gasteiger partial charge in [-0.1, -0.05) is 32.9 Å². The van der Waals surface area contributed by atoms with Crippen LogP contribution in [-0.4, -0.2) is 24.1 Å². The summed E-state index contributed by atoms with van der Waals surface area (Å²) in [5, 5.41) is 2.67. The third-order valence-corrected chi connectivity index (χ3v) is 2.66. The van der Waals surface area contributed by atoms with Crippen LogP contribution in [0.3, 0.4) is 0 Å². The fraction of sp³-hybridized carbons (Fsp3) is 0.429. The van der Waals surface area contributed by atoms with Gasteiger partial charge in [-0.2, -0.15) is 0 Å². The molecule has 1 amide bonds. The second kappa shape index (κ2) is 6.01. The number of ketones is 1. The van der Waals surface area contributed by atoms with Gasteiger partial charge >= 0.3 is 0 Å². The van der Waals surface area contributed by atoms with E-state index in [0.717, 1.165) is 0 Å². The summed E-state index contributed by atoms with van der Waals surface area (Å²) in [7, 11) is 0. The van der Waals surface area contributed by atoms with Gasteiger partial charge in [0.05, 0.1) is 0 Å². The fourth-order valence-corrected chi connectivity index (χ4v) is 1.56. The van der Waals surface area contributed by atoms with E-state index in [1.807, 2.05) is 20.8 Å². The first-order valence-electron chi connectivity index (χ1n) is 5.85. The SMILES string of the molecule is CC(C)(C)C(=O)c1ccc(C(=O)NCCCl)cc1. The first-order valence-corrected chi connectivity index (χ1v) is 6.38. The van der Waals surface area contributed by atoms with E-state index < -0.39 is 5.41 Å². The van der Waals surface area contributed by atoms with Crippen molar-refractivity contribution in [1.82, 2.24) is 5.32 Å². The van der Waals surface area contributed by atoms with Crippen molar-refractivity contribution in [2.24, 2.45) is 5.41 Å². The van der Waals surface area contributed by atoms with E-state index in [1.165, 1.54) is 0 Å². The van der Waals surface area contributed by atoms with Gasteiger partial charge < -0.3 is 5.32 Å². The Morgan fingerprint density at radius 1 is 1.11 bits per heavy atom. The third kappa shape index (κ3) is 3.84. The van der Waals surface area contributed by atoms with Crippen molar-refractivity contribution in [1.29, 1.82) is 0 Å². The van der Waals surface area contributed by atoms with Crippen LogP contribution in [0, 0.1) is 5.41 Å². The van der Waals surface area contributed by atoms with Crippen molar-refractivity contribution >= 4 is 23.3 Å². The smallest absolute Gasteiger partial charge is 0.251 e. The summed E-state index contributed by atoms with van der Waals surface area (Å²) in [6.07, 6.45) is 0. The Labute approximate surface area is 113 Å². The quantitative estimate of drug-likeness (QED) is 0.674. The zero-order valence-electron chi connectivity index (χ0n) is 10.9. The van der Waals surface area contributed by atoms with Crippen molar-refractivity contribution < 1.29 is 9.59 Å². The molecular formula is C14H18ClNO2. The summed E-state index contributed by atoms with van der Waals surface area (Å²) < 4.78 is 0. The molecule has 0 aliphatic carbocycles. The molecule has 0 radical (unpaired) electrons. The maximum absolute atomic E-state index is 12.0. The summed E-state index contributed by atoms with van der Waals surface area (Å²) in [4.78, 5) is 23.6. The van der Waals surface area contributed by atoms with E-state index in [0.29, 0.717) is 23.6 Å². The molecule has 0 saturated carbocycles. The van der Waals surface area contributed by atoms with Gasteiger partial charge in [0.2, 0.25) is 0 Å². The molecule has 0 fully saturated rings. The number of amides is 1. The molecule has 18 heavy (non-hydrogen) atoms. The molecular weight excluding hydrogens is 250 g/mol. The lowest BCUT2D eigenvalue weighted by molar-refractivity contribution is 0.0857. The molecule has 0 bridgehead atoms. The molecule has 0 unspecified atom stereocenters. The largest absolute Gasteiger partial charge is 0.351 e. The Balaban J connectivity index is 2.80. The second-order valence-electron chi connectivity index (χ2n) is 5.10. The molecule has 3 nitrogen and oxygen atoms in total. The van der Waals surface area contributed by atoms with Gasteiger partial charge in [0.15, 0.2) is 5.78 Å². The molecule has 0 atom stereocenters. The third-order valence-electron chi connectivity index (χ3n) is 2.47. The average molecular weight is 268 g/mol. The molecule has 1 aromatic carbocycles. The van der Waals surface area contributed by atoms with Crippen molar-refractivity contribution in [3.8, 4) is 0 Å². The van der Waals surface area contributed by atoms with E-state index in [2.05, 4.69) is 5.32 Å². The van der Waals surface area contributed by atoms with Crippen molar-refractivity contribution in [3.05, 3.63) is 35.4 Å². The molecule has 0 spiro atoms. The minimum absolute atomic E-state index is 0.0650. The van der Waals surface area contributed by atoms with E-state index in [4.69, 9.17) is 11.6 Å². The highest BCUT2D eigenvalue weighted by Gasteiger charge is 2.22. The number of carbonyl (C=O) groups is 2. The number of Topliss-reactive ketones (excluding diaryl/α,β-unsaturated/α-hetero) is 1. The zero-order valence-corrected chi connectivity index (χ0v) is 11.7. The molecule has 0 aliphatic heterocycles. The topological polar surface area (TPSA) is 46.2 Å². The van der Waals surface area contributed by atoms with Crippen molar-refractivity contribution in [3.63, 3.8) is 0 Å². The van der Waals surface area contributed by atoms with Crippen molar-refractivity contribution in [2.75, 3.05) is 12.4 Å². The summed E-state index contributed by atoms with van der Waals surface area (Å²) >= 11 is 5.49. The minimum atomic E-state index is -0.414. The molecule has 1 N–H and O–H groups in total. The van der Waals surface area contributed by atoms with Gasteiger partial charge in [0.1, 0.15) is 0 Å². The van der Waals surface area contributed by atoms with Gasteiger partial charge in [-0.15, -0.1) is 11.6 Å². The van der Waals surface area contributed by atoms with Crippen LogP contribution in [0.1, 0.15) is 41.5 Å². The molecule has 0 heterocycles. The van der Waals surface area contributed by atoms with Gasteiger partial charge in [-0.05, 0) is 12.1 Å². The summed E-state index contributed by atoms with van der Waals surface area (Å²) in [6.45, 7) is 6.05. The first-order chi connectivity index (χ1) is 8.36. The average Bonchev–Trinajstić information content (AvgIpc) is 2.34. The van der Waals surface area contributed by atoms with Crippen LogP contribution >= 0.6 is 11.6 Å². The first kappa shape index (κ1) is 14.7. The predicted molar refractivity (Wildman–Crippen MR) is 73.3 cm³/mol. The number of carbonyl (C=O) groups excluding carboxylic acids is 2. The molecule has 0 aliphatic rings. The van der Waals surface area contributed by atoms with E-state index in [1.54, 1.807) is 24.3 Å². The summed E-state index contributed by atoms with van der Waals surface area (Å²) in [5.41, 5.74) is 0.740. The predicted octanol–water partition coefficient (Wildman–Crippen LogP) is 2.88. The van der Waals surface area contributed by atoms with Crippen LogP contribution in [0.2, 0.25) is 0 Å². The maximum Gasteiger partial charge on any atom is 0.251 e. The molecule has 1 rings (SSSR count). The van der Waals surface area contributed by atoms with Crippen LogP contribution in [0.25, 0.3) is 0 Å². The number of hydrogen-bond donors (Lipinski definition) is 1. The molecule has 4 heteroatoms. The molecule has 0 saturated heterocycles. The lowest BCUT2D eigenvalue weighted by atomic mass is 9.86. The van der Waals surface area contributed by atoms with Gasteiger partial charge in [-0.25, -0.2) is 0 Å². The monoisotopic (exact) mass is 267 g/mol. The highest BCUT2D eigenvalue weighted by molar-refractivity contribution is 6.18. The van der Waals surface area contributed by atoms with Crippen LogP contribution in [0.15, 0.2) is 24.3 Å². The summed E-state index contributed by atoms with van der Waals surface area (Å²) in [5.74, 6) is 0.271. The number of rotatable bonds is 4. The number of nitrogens with one attached hydrogen (secondary N) is 1. The minimum Gasteiger partial charge on any atom is -0.351 e. The maximum atomic E-state index is 12.0. The van der Waals surface area contributed by atoms with E-state index >= 15 is 0 Å². The number of halogens is 1. The highest BCUT2D eigenvalue weighted by atomic mass is 35.5. The Morgan fingerprint density at radius 3 is 2.06 bits per heavy atom. The summed E-state index contributed by atoms with van der Waals surface area (Å²) in [6, 6.07) is 6.68. The van der Waals surface area contributed by atoms with Gasteiger partial charge in [-0.3, -0.25) is 9.59 Å². The standard InChI is InChI=1S/C14H18ClNO2/c1-14(2,3)12(17)10-4-6-11(7-5-10)13(18)16-9-8-15/h4-7H,8-9H2,1-3H3,(H,16,18). The normalized spacial score (nSPS) is 11.1. The molecule has 98 valence electrons. The van der Waals surface area contributed by atoms with Crippen LogP contribution in [0.4, 0.5) is 0 Å². The molecule has 1 aromatic rings. The van der Waals surface area contributed by atoms with E-state index in [9.17, 15) is 9.59 Å². The van der Waals surface area contributed by atoms with Gasteiger partial charge in [0, 0.05) is 29.0 Å². The second-order valence-corrected chi connectivity index (χ2v) is 5.48. The Hall–Kier alpha value is -1.35.